The summed E-state index contributed by atoms with van der Waals surface area (Å²) < 4.78 is 12.7. The van der Waals surface area contributed by atoms with E-state index in [0.717, 1.165) is 11.6 Å². The Morgan fingerprint density at radius 3 is 2.88 bits per heavy atom. The lowest BCUT2D eigenvalue weighted by atomic mass is 10.3. The molecule has 4 nitrogen and oxygen atoms in total. The number of rotatable bonds is 4. The van der Waals surface area contributed by atoms with E-state index in [2.05, 4.69) is 20.5 Å². The molecule has 1 atom stereocenters. The smallest absolute Gasteiger partial charge is 0.166 e. The molecule has 2 rings (SSSR count). The average Bonchev–Trinajstić information content (AvgIpc) is 2.80. The van der Waals surface area contributed by atoms with Crippen LogP contribution in [0.1, 0.15) is 24.9 Å². The van der Waals surface area contributed by atoms with Gasteiger partial charge in [-0.2, -0.15) is 0 Å². The third-order valence-electron chi connectivity index (χ3n) is 2.27. The molecule has 1 N–H and O–H groups in total. The Hall–Kier alpha value is -1.40. The minimum absolute atomic E-state index is 0.173. The zero-order valence-electron chi connectivity index (χ0n) is 9.64. The molecule has 0 radical (unpaired) electrons. The Morgan fingerprint density at radius 2 is 2.24 bits per heavy atom. The van der Waals surface area contributed by atoms with Gasteiger partial charge in [-0.25, -0.2) is 4.39 Å². The molecular formula is C11H13FN4S. The van der Waals surface area contributed by atoms with Crippen molar-refractivity contribution in [2.75, 3.05) is 6.54 Å². The van der Waals surface area contributed by atoms with Gasteiger partial charge in [0.2, 0.25) is 0 Å². The maximum absolute atomic E-state index is 12.7. The number of pyridine rings is 1. The van der Waals surface area contributed by atoms with Gasteiger partial charge in [0.1, 0.15) is 16.5 Å². The number of halogens is 1. The summed E-state index contributed by atoms with van der Waals surface area (Å²) in [6.07, 6.45) is 1.18. The normalized spacial score (nSPS) is 12.6. The zero-order valence-corrected chi connectivity index (χ0v) is 10.5. The number of hydrogen-bond acceptors (Lipinski definition) is 5. The highest BCUT2D eigenvalue weighted by Crippen LogP contribution is 2.25. The Morgan fingerprint density at radius 1 is 1.41 bits per heavy atom. The number of hydrogen-bond donors (Lipinski definition) is 1. The van der Waals surface area contributed by atoms with Crippen molar-refractivity contribution < 1.29 is 4.39 Å². The van der Waals surface area contributed by atoms with Crippen LogP contribution < -0.4 is 5.32 Å². The van der Waals surface area contributed by atoms with Crippen molar-refractivity contribution in [3.8, 4) is 10.7 Å². The minimum atomic E-state index is -0.348. The van der Waals surface area contributed by atoms with Gasteiger partial charge < -0.3 is 5.32 Å². The molecule has 0 aliphatic carbocycles. The average molecular weight is 252 g/mol. The molecule has 0 aromatic carbocycles. The zero-order chi connectivity index (χ0) is 12.3. The fraction of sp³-hybridized carbons (Fsp3) is 0.364. The lowest BCUT2D eigenvalue weighted by Crippen LogP contribution is -2.17. The predicted octanol–water partition coefficient (Wildman–Crippen LogP) is 2.41. The molecule has 0 bridgehead atoms. The Kier molecular flexibility index (Phi) is 3.75. The second-order valence-corrected chi connectivity index (χ2v) is 4.60. The van der Waals surface area contributed by atoms with Crippen molar-refractivity contribution in [3.63, 3.8) is 0 Å². The van der Waals surface area contributed by atoms with E-state index in [-0.39, 0.29) is 11.9 Å². The fourth-order valence-corrected chi connectivity index (χ4v) is 2.26. The van der Waals surface area contributed by atoms with Crippen molar-refractivity contribution in [1.82, 2.24) is 20.5 Å². The molecule has 0 fully saturated rings. The largest absolute Gasteiger partial charge is 0.308 e. The van der Waals surface area contributed by atoms with Crippen LogP contribution in [0.5, 0.6) is 0 Å². The van der Waals surface area contributed by atoms with Crippen LogP contribution in [-0.4, -0.2) is 21.7 Å². The summed E-state index contributed by atoms with van der Waals surface area (Å²) in [5.41, 5.74) is 0.652. The van der Waals surface area contributed by atoms with Gasteiger partial charge in [0.05, 0.1) is 12.2 Å². The molecule has 90 valence electrons. The number of nitrogens with zero attached hydrogens (tertiary/aromatic N) is 3. The highest BCUT2D eigenvalue weighted by Gasteiger charge is 2.12. The molecular weight excluding hydrogens is 239 g/mol. The van der Waals surface area contributed by atoms with Crippen molar-refractivity contribution >= 4 is 11.3 Å². The van der Waals surface area contributed by atoms with Gasteiger partial charge >= 0.3 is 0 Å². The van der Waals surface area contributed by atoms with E-state index < -0.39 is 0 Å². The van der Waals surface area contributed by atoms with E-state index in [0.29, 0.717) is 10.7 Å². The number of nitrogens with one attached hydrogen (secondary N) is 1. The second kappa shape index (κ2) is 5.29. The molecule has 2 aromatic heterocycles. The molecule has 2 heterocycles. The topological polar surface area (TPSA) is 50.7 Å². The van der Waals surface area contributed by atoms with Crippen LogP contribution >= 0.6 is 11.3 Å². The van der Waals surface area contributed by atoms with Crippen molar-refractivity contribution in [1.29, 1.82) is 0 Å². The van der Waals surface area contributed by atoms with E-state index in [1.54, 1.807) is 6.07 Å². The van der Waals surface area contributed by atoms with Gasteiger partial charge in [-0.1, -0.05) is 18.3 Å². The Labute approximate surface area is 103 Å². The van der Waals surface area contributed by atoms with E-state index in [1.165, 1.54) is 23.6 Å². The van der Waals surface area contributed by atoms with Crippen molar-refractivity contribution in [2.24, 2.45) is 0 Å². The van der Waals surface area contributed by atoms with Crippen LogP contribution in [0.4, 0.5) is 4.39 Å². The summed E-state index contributed by atoms with van der Waals surface area (Å²) in [7, 11) is 0. The SMILES string of the molecule is CCNC(C)c1nnc(-c2ccc(F)cn2)s1. The van der Waals surface area contributed by atoms with Gasteiger partial charge in [0, 0.05) is 0 Å². The molecule has 0 saturated carbocycles. The van der Waals surface area contributed by atoms with Crippen LogP contribution in [0.2, 0.25) is 0 Å². The van der Waals surface area contributed by atoms with Crippen molar-refractivity contribution in [2.45, 2.75) is 19.9 Å². The molecule has 2 aromatic rings. The standard InChI is InChI=1S/C11H13FN4S/c1-3-13-7(2)10-15-16-11(17-10)9-5-4-8(12)6-14-9/h4-7,13H,3H2,1-2H3. The van der Waals surface area contributed by atoms with E-state index in [9.17, 15) is 4.39 Å². The molecule has 17 heavy (non-hydrogen) atoms. The van der Waals surface area contributed by atoms with E-state index in [1.807, 2.05) is 13.8 Å². The molecule has 0 spiro atoms. The van der Waals surface area contributed by atoms with Crippen LogP contribution in [0.3, 0.4) is 0 Å². The van der Waals surface area contributed by atoms with Gasteiger partial charge in [0.25, 0.3) is 0 Å². The quantitative estimate of drug-likeness (QED) is 0.908. The summed E-state index contributed by atoms with van der Waals surface area (Å²) >= 11 is 1.47. The lowest BCUT2D eigenvalue weighted by molar-refractivity contribution is 0.590. The highest BCUT2D eigenvalue weighted by molar-refractivity contribution is 7.14. The second-order valence-electron chi connectivity index (χ2n) is 3.59. The van der Waals surface area contributed by atoms with Crippen LogP contribution in [-0.2, 0) is 0 Å². The third-order valence-corrected chi connectivity index (χ3v) is 3.40. The van der Waals surface area contributed by atoms with E-state index in [4.69, 9.17) is 0 Å². The lowest BCUT2D eigenvalue weighted by Gasteiger charge is -2.06. The van der Waals surface area contributed by atoms with E-state index >= 15 is 0 Å². The summed E-state index contributed by atoms with van der Waals surface area (Å²) in [6, 6.07) is 3.15. The monoisotopic (exact) mass is 252 g/mol. The van der Waals surface area contributed by atoms with Gasteiger partial charge in [-0.15, -0.1) is 10.2 Å². The van der Waals surface area contributed by atoms with Gasteiger partial charge in [0.15, 0.2) is 5.01 Å². The first-order valence-corrected chi connectivity index (χ1v) is 6.21. The maximum Gasteiger partial charge on any atom is 0.166 e. The van der Waals surface area contributed by atoms with Crippen molar-refractivity contribution in [3.05, 3.63) is 29.2 Å². The number of aromatic nitrogens is 3. The maximum atomic E-state index is 12.7. The summed E-state index contributed by atoms with van der Waals surface area (Å²) in [5.74, 6) is -0.348. The molecule has 0 aliphatic rings. The van der Waals surface area contributed by atoms with Gasteiger partial charge in [-0.05, 0) is 25.6 Å². The first kappa shape index (κ1) is 12.1. The van der Waals surface area contributed by atoms with Crippen LogP contribution in [0.25, 0.3) is 10.7 Å². The molecule has 0 saturated heterocycles. The van der Waals surface area contributed by atoms with Crippen LogP contribution in [0.15, 0.2) is 18.3 Å². The fourth-order valence-electron chi connectivity index (χ4n) is 1.41. The highest BCUT2D eigenvalue weighted by atomic mass is 32.1. The summed E-state index contributed by atoms with van der Waals surface area (Å²) in [6.45, 7) is 4.96. The first-order valence-electron chi connectivity index (χ1n) is 5.39. The summed E-state index contributed by atoms with van der Waals surface area (Å²) in [5, 5.41) is 13.1. The first-order chi connectivity index (χ1) is 8.20. The van der Waals surface area contributed by atoms with Crippen LogP contribution in [0, 0.1) is 5.82 Å². The molecule has 0 aliphatic heterocycles. The molecule has 1 unspecified atom stereocenters. The summed E-state index contributed by atoms with van der Waals surface area (Å²) in [4.78, 5) is 3.98. The predicted molar refractivity (Wildman–Crippen MR) is 65.2 cm³/mol. The molecule has 6 heteroatoms. The Balaban J connectivity index is 2.20. The minimum Gasteiger partial charge on any atom is -0.308 e. The van der Waals surface area contributed by atoms with Gasteiger partial charge in [-0.3, -0.25) is 4.98 Å². The third kappa shape index (κ3) is 2.83. The Bertz CT molecular complexity index is 482. The molecule has 0 amide bonds.